The van der Waals surface area contributed by atoms with Gasteiger partial charge in [-0.3, -0.25) is 9.48 Å². The summed E-state index contributed by atoms with van der Waals surface area (Å²) in [4.78, 5) is 11.5. The van der Waals surface area contributed by atoms with Crippen molar-refractivity contribution in [3.8, 4) is 22.6 Å². The Bertz CT molecular complexity index is 1610. The van der Waals surface area contributed by atoms with Crippen molar-refractivity contribution in [2.75, 3.05) is 7.11 Å². The lowest BCUT2D eigenvalue weighted by Crippen LogP contribution is -2.21. The molecule has 1 aliphatic carbocycles. The number of methoxy groups -OCH3 is 1. The van der Waals surface area contributed by atoms with Crippen molar-refractivity contribution >= 4 is 5.97 Å². The van der Waals surface area contributed by atoms with Crippen LogP contribution in [0, 0.1) is 11.7 Å². The zero-order valence-electron chi connectivity index (χ0n) is 26.8. The van der Waals surface area contributed by atoms with Gasteiger partial charge in [-0.2, -0.15) is 0 Å². The molecule has 5 rings (SSSR count). The first-order valence-corrected chi connectivity index (χ1v) is 16.0. The third-order valence-corrected chi connectivity index (χ3v) is 8.92. The molecule has 0 amide bonds. The fourth-order valence-electron chi connectivity index (χ4n) is 6.05. The number of hydrogen-bond donors (Lipinski definition) is 1. The van der Waals surface area contributed by atoms with Crippen molar-refractivity contribution in [1.82, 2.24) is 15.0 Å². The zero-order valence-corrected chi connectivity index (χ0v) is 26.8. The fraction of sp³-hybridized carbons (Fsp3) is 0.432. The molecule has 0 radical (unpaired) electrons. The number of benzene rings is 3. The van der Waals surface area contributed by atoms with Crippen molar-refractivity contribution in [1.29, 1.82) is 0 Å². The van der Waals surface area contributed by atoms with Crippen LogP contribution in [0.5, 0.6) is 11.5 Å². The number of hydrogen-bond acceptors (Lipinski definition) is 5. The lowest BCUT2D eigenvalue weighted by atomic mass is 9.77. The molecule has 0 bridgehead atoms. The highest BCUT2D eigenvalue weighted by Crippen LogP contribution is 2.45. The topological polar surface area (TPSA) is 86.5 Å². The summed E-state index contributed by atoms with van der Waals surface area (Å²) in [7, 11) is 1.57. The van der Waals surface area contributed by atoms with Crippen LogP contribution in [-0.4, -0.2) is 33.2 Å². The number of carboxylic acids is 1. The van der Waals surface area contributed by atoms with Gasteiger partial charge in [-0.15, -0.1) is 5.10 Å². The number of halogens is 1. The van der Waals surface area contributed by atoms with E-state index in [0.29, 0.717) is 29.6 Å². The average molecular weight is 614 g/mol. The van der Waals surface area contributed by atoms with Crippen molar-refractivity contribution in [2.24, 2.45) is 5.92 Å². The lowest BCUT2D eigenvalue weighted by molar-refractivity contribution is -0.137. The number of ether oxygens (including phenoxy) is 2. The van der Waals surface area contributed by atoms with Crippen LogP contribution in [0.4, 0.5) is 4.39 Å². The molecule has 1 saturated carbocycles. The molecular formula is C37H44FN3O4. The maximum Gasteiger partial charge on any atom is 0.303 e. The van der Waals surface area contributed by atoms with E-state index in [-0.39, 0.29) is 18.2 Å². The van der Waals surface area contributed by atoms with E-state index in [1.807, 2.05) is 47.3 Å². The van der Waals surface area contributed by atoms with Gasteiger partial charge in [0.05, 0.1) is 19.2 Å². The molecule has 1 heterocycles. The van der Waals surface area contributed by atoms with E-state index in [1.54, 1.807) is 19.2 Å². The first kappa shape index (κ1) is 32.2. The number of unbranched alkanes of at least 4 members (excludes halogenated alkanes) is 3. The van der Waals surface area contributed by atoms with E-state index in [2.05, 4.69) is 37.1 Å². The molecule has 0 aliphatic heterocycles. The van der Waals surface area contributed by atoms with Crippen LogP contribution >= 0.6 is 0 Å². The van der Waals surface area contributed by atoms with Crippen LogP contribution in [0.15, 0.2) is 66.9 Å². The Hall–Kier alpha value is -4.20. The molecule has 3 aromatic carbocycles. The molecule has 1 atom stereocenters. The second kappa shape index (κ2) is 14.3. The van der Waals surface area contributed by atoms with Crippen molar-refractivity contribution in [2.45, 2.75) is 90.2 Å². The van der Waals surface area contributed by atoms with E-state index < -0.39 is 11.4 Å². The van der Waals surface area contributed by atoms with Crippen LogP contribution in [0.3, 0.4) is 0 Å². The number of carboxylic acid groups (broad SMARTS) is 1. The van der Waals surface area contributed by atoms with Gasteiger partial charge < -0.3 is 14.6 Å². The van der Waals surface area contributed by atoms with Crippen LogP contribution < -0.4 is 9.47 Å². The van der Waals surface area contributed by atoms with Gasteiger partial charge in [0.15, 0.2) is 0 Å². The van der Waals surface area contributed by atoms with E-state index in [9.17, 15) is 9.90 Å². The predicted molar refractivity (Wildman–Crippen MR) is 173 cm³/mol. The Morgan fingerprint density at radius 1 is 1.04 bits per heavy atom. The fourth-order valence-corrected chi connectivity index (χ4v) is 6.05. The van der Waals surface area contributed by atoms with E-state index >= 15 is 4.39 Å². The molecule has 8 heteroatoms. The van der Waals surface area contributed by atoms with Crippen LogP contribution in [0.2, 0.25) is 0 Å². The number of aliphatic carboxylic acids is 1. The van der Waals surface area contributed by atoms with Gasteiger partial charge in [-0.05, 0) is 83.7 Å². The summed E-state index contributed by atoms with van der Waals surface area (Å²) in [6.07, 6.45) is 8.82. The summed E-state index contributed by atoms with van der Waals surface area (Å²) in [5.74, 6) is 0.569. The largest absolute Gasteiger partial charge is 0.497 e. The van der Waals surface area contributed by atoms with Gasteiger partial charge in [0.1, 0.15) is 23.9 Å². The standard InChI is InChI=1S/C37H44FN3O4/c1-5-6-7-8-18-41-23-35(39-40-41)37(2,3)33-19-25(12-16-30(33)32-21-28(44-4)15-17-34(32)38)24-45-29-11-9-10-27(20-29)31(22-36(42)43)26-13-14-26/h9-12,15-17,19-21,23,26,31H,5-8,13-14,18,22,24H2,1-4H3,(H,42,43)/t31-/m0/s1. The maximum absolute atomic E-state index is 15.3. The van der Waals surface area contributed by atoms with E-state index in [4.69, 9.17) is 9.47 Å². The number of aromatic nitrogens is 3. The van der Waals surface area contributed by atoms with Gasteiger partial charge in [-0.25, -0.2) is 4.39 Å². The Morgan fingerprint density at radius 2 is 1.87 bits per heavy atom. The Kier molecular flexibility index (Phi) is 10.2. The van der Waals surface area contributed by atoms with E-state index in [1.165, 1.54) is 18.9 Å². The van der Waals surface area contributed by atoms with Crippen LogP contribution in [0.1, 0.15) is 94.0 Å². The number of rotatable bonds is 16. The molecule has 0 saturated heterocycles. The Morgan fingerprint density at radius 3 is 2.60 bits per heavy atom. The third kappa shape index (κ3) is 7.91. The quantitative estimate of drug-likeness (QED) is 0.127. The van der Waals surface area contributed by atoms with Gasteiger partial charge in [0, 0.05) is 23.7 Å². The summed E-state index contributed by atoms with van der Waals surface area (Å²) in [5.41, 5.74) is 4.23. The molecule has 4 aromatic rings. The molecule has 1 fully saturated rings. The van der Waals surface area contributed by atoms with Gasteiger partial charge >= 0.3 is 5.97 Å². The number of aryl methyl sites for hydroxylation is 1. The highest BCUT2D eigenvalue weighted by molar-refractivity contribution is 5.72. The number of carbonyl (C=O) groups is 1. The number of nitrogens with zero attached hydrogens (tertiary/aromatic N) is 3. The first-order chi connectivity index (χ1) is 21.7. The summed E-state index contributed by atoms with van der Waals surface area (Å²) in [6, 6.07) is 18.5. The zero-order chi connectivity index (χ0) is 32.0. The van der Waals surface area contributed by atoms with Crippen molar-refractivity contribution in [3.05, 3.63) is 95.1 Å². The van der Waals surface area contributed by atoms with Crippen molar-refractivity contribution < 1.29 is 23.8 Å². The molecule has 0 spiro atoms. The van der Waals surface area contributed by atoms with Gasteiger partial charge in [0.2, 0.25) is 0 Å². The molecule has 1 aromatic heterocycles. The highest BCUT2D eigenvalue weighted by atomic mass is 19.1. The van der Waals surface area contributed by atoms with Crippen LogP contribution in [-0.2, 0) is 23.4 Å². The minimum Gasteiger partial charge on any atom is -0.497 e. The Labute approximate surface area is 265 Å². The summed E-state index contributed by atoms with van der Waals surface area (Å²) >= 11 is 0. The molecule has 0 unspecified atom stereocenters. The monoisotopic (exact) mass is 613 g/mol. The normalized spacial score (nSPS) is 13.9. The molecular weight excluding hydrogens is 569 g/mol. The van der Waals surface area contributed by atoms with E-state index in [0.717, 1.165) is 60.2 Å². The SMILES string of the molecule is CCCCCCn1cc(C(C)(C)c2cc(COc3cccc([C@@H](CC(=O)O)C4CC4)c3)ccc2-c2cc(OC)ccc2F)nn1. The highest BCUT2D eigenvalue weighted by Gasteiger charge is 2.34. The molecule has 238 valence electrons. The minimum atomic E-state index is -0.780. The molecule has 1 aliphatic rings. The average Bonchev–Trinajstić information content (AvgIpc) is 3.77. The van der Waals surface area contributed by atoms with Gasteiger partial charge in [0.25, 0.3) is 0 Å². The second-order valence-corrected chi connectivity index (χ2v) is 12.7. The molecule has 45 heavy (non-hydrogen) atoms. The van der Waals surface area contributed by atoms with Crippen molar-refractivity contribution in [3.63, 3.8) is 0 Å². The second-order valence-electron chi connectivity index (χ2n) is 12.7. The molecule has 1 N–H and O–H groups in total. The third-order valence-electron chi connectivity index (χ3n) is 8.92. The first-order valence-electron chi connectivity index (χ1n) is 16.0. The summed E-state index contributed by atoms with van der Waals surface area (Å²) in [5, 5.41) is 18.4. The summed E-state index contributed by atoms with van der Waals surface area (Å²) in [6.45, 7) is 7.47. The van der Waals surface area contributed by atoms with Gasteiger partial charge in [-0.1, -0.05) is 75.6 Å². The summed E-state index contributed by atoms with van der Waals surface area (Å²) < 4.78 is 28.9. The lowest BCUT2D eigenvalue weighted by Gasteiger charge is -2.27. The predicted octanol–water partition coefficient (Wildman–Crippen LogP) is 8.55. The maximum atomic E-state index is 15.3. The molecule has 7 nitrogen and oxygen atoms in total. The minimum absolute atomic E-state index is 0.00411. The Balaban J connectivity index is 1.44. The smallest absolute Gasteiger partial charge is 0.303 e. The van der Waals surface area contributed by atoms with Crippen LogP contribution in [0.25, 0.3) is 11.1 Å².